The Labute approximate surface area is 152 Å². The summed E-state index contributed by atoms with van der Waals surface area (Å²) in [6.07, 6.45) is 4.29. The molecule has 3 rings (SSSR count). The van der Waals surface area contributed by atoms with Crippen LogP contribution < -0.4 is 4.90 Å². The van der Waals surface area contributed by atoms with Crippen LogP contribution in [0.15, 0.2) is 30.0 Å². The normalized spacial score (nSPS) is 33.8. The Morgan fingerprint density at radius 3 is 2.48 bits per heavy atom. The molecule has 4 nitrogen and oxygen atoms in total. The van der Waals surface area contributed by atoms with Crippen molar-refractivity contribution in [2.75, 3.05) is 32.2 Å². The van der Waals surface area contributed by atoms with E-state index < -0.39 is 0 Å². The van der Waals surface area contributed by atoms with Gasteiger partial charge in [-0.3, -0.25) is 0 Å². The molecule has 2 aliphatic rings. The van der Waals surface area contributed by atoms with Crippen LogP contribution in [-0.4, -0.2) is 37.4 Å². The molecule has 4 heteroatoms. The maximum absolute atomic E-state index is 10.0. The lowest BCUT2D eigenvalue weighted by Crippen LogP contribution is -2.53. The smallest absolute Gasteiger partial charge is 0.127 e. The zero-order valence-corrected chi connectivity index (χ0v) is 16.8. The molecule has 0 radical (unpaired) electrons. The molecular formula is C21H34N2O2. The number of aliphatic hydroxyl groups is 1. The van der Waals surface area contributed by atoms with Gasteiger partial charge < -0.3 is 14.7 Å². The van der Waals surface area contributed by atoms with Gasteiger partial charge in [0.1, 0.15) is 5.82 Å². The molecule has 1 aromatic heterocycles. The van der Waals surface area contributed by atoms with E-state index in [0.29, 0.717) is 24.4 Å². The number of pyridine rings is 1. The molecule has 1 aromatic rings. The lowest BCUT2D eigenvalue weighted by Gasteiger charge is -2.55. The van der Waals surface area contributed by atoms with E-state index in [-0.39, 0.29) is 18.1 Å². The van der Waals surface area contributed by atoms with Crippen LogP contribution in [0, 0.1) is 23.2 Å². The second-order valence-corrected chi connectivity index (χ2v) is 7.48. The Kier molecular flexibility index (Phi) is 6.28. The average Bonchev–Trinajstić information content (AvgIpc) is 2.62. The minimum absolute atomic E-state index is 0.0251. The van der Waals surface area contributed by atoms with E-state index in [2.05, 4.69) is 37.9 Å². The molecule has 140 valence electrons. The fourth-order valence-corrected chi connectivity index (χ4v) is 4.42. The second kappa shape index (κ2) is 7.88. The minimum atomic E-state index is -0.155. The number of ether oxygens (including phenoxy) is 1. The van der Waals surface area contributed by atoms with Gasteiger partial charge in [-0.05, 0) is 30.4 Å². The van der Waals surface area contributed by atoms with Crippen LogP contribution in [0.1, 0.15) is 46.3 Å². The van der Waals surface area contributed by atoms with Gasteiger partial charge in [0, 0.05) is 31.6 Å². The molecule has 0 saturated carbocycles. The monoisotopic (exact) mass is 346 g/mol. The van der Waals surface area contributed by atoms with Crippen molar-refractivity contribution in [2.45, 2.75) is 40.7 Å². The maximum atomic E-state index is 10.0. The second-order valence-electron chi connectivity index (χ2n) is 7.48. The van der Waals surface area contributed by atoms with Crippen LogP contribution in [0.25, 0.3) is 0 Å². The highest BCUT2D eigenvalue weighted by Crippen LogP contribution is 2.55. The van der Waals surface area contributed by atoms with Crippen LogP contribution in [-0.2, 0) is 4.74 Å². The zero-order chi connectivity index (χ0) is 18.8. The highest BCUT2D eigenvalue weighted by Gasteiger charge is 2.53. The summed E-state index contributed by atoms with van der Waals surface area (Å²) in [5, 5.41) is 10.0. The Hall–Kier alpha value is -1.39. The SMILES string of the molecule is CC.CC1=CC(C)C2(CO)COC(c3ccc(N(C)C)nc3)C1C2C. The lowest BCUT2D eigenvalue weighted by atomic mass is 9.56. The Balaban J connectivity index is 0.00000109. The summed E-state index contributed by atoms with van der Waals surface area (Å²) in [7, 11) is 3.98. The van der Waals surface area contributed by atoms with Gasteiger partial charge in [0.05, 0.1) is 19.3 Å². The molecule has 1 N–H and O–H groups in total. The molecule has 5 unspecified atom stereocenters. The van der Waals surface area contributed by atoms with Gasteiger partial charge in [-0.1, -0.05) is 45.4 Å². The first-order valence-electron chi connectivity index (χ1n) is 9.44. The topological polar surface area (TPSA) is 45.6 Å². The number of fused-ring (bicyclic) bond motifs is 2. The molecule has 5 atom stereocenters. The van der Waals surface area contributed by atoms with Gasteiger partial charge in [0.2, 0.25) is 0 Å². The molecule has 0 spiro atoms. The summed E-state index contributed by atoms with van der Waals surface area (Å²) in [5.74, 6) is 1.99. The third kappa shape index (κ3) is 3.34. The molecule has 0 amide bonds. The number of nitrogens with zero attached hydrogens (tertiary/aromatic N) is 2. The molecule has 1 aliphatic carbocycles. The highest BCUT2D eigenvalue weighted by molar-refractivity contribution is 5.38. The van der Waals surface area contributed by atoms with E-state index >= 15 is 0 Å². The molecule has 25 heavy (non-hydrogen) atoms. The Morgan fingerprint density at radius 2 is 1.96 bits per heavy atom. The number of anilines is 1. The van der Waals surface area contributed by atoms with Crippen molar-refractivity contribution in [3.05, 3.63) is 35.5 Å². The molecule has 2 bridgehead atoms. The van der Waals surface area contributed by atoms with Crippen molar-refractivity contribution in [2.24, 2.45) is 23.2 Å². The standard InChI is InChI=1S/C19H28N2O2.C2H6/c1-12-8-13(2)19(10-22)11-23-18(17(12)14(19)3)15-6-7-16(20-9-15)21(4)5;1-2/h6-9,13-14,17-18,22H,10-11H2,1-5H3;1-2H3. The summed E-state index contributed by atoms with van der Waals surface area (Å²) in [5.41, 5.74) is 2.34. The van der Waals surface area contributed by atoms with E-state index in [9.17, 15) is 5.11 Å². The van der Waals surface area contributed by atoms with E-state index in [4.69, 9.17) is 4.74 Å². The van der Waals surface area contributed by atoms with Crippen molar-refractivity contribution in [1.82, 2.24) is 4.98 Å². The summed E-state index contributed by atoms with van der Waals surface area (Å²) in [4.78, 5) is 6.54. The van der Waals surface area contributed by atoms with Crippen LogP contribution in [0.5, 0.6) is 0 Å². The summed E-state index contributed by atoms with van der Waals surface area (Å²) in [6.45, 7) is 11.4. The Bertz CT molecular complexity index is 596. The van der Waals surface area contributed by atoms with Gasteiger partial charge in [-0.15, -0.1) is 0 Å². The van der Waals surface area contributed by atoms with Gasteiger partial charge in [0.25, 0.3) is 0 Å². The van der Waals surface area contributed by atoms with E-state index in [1.807, 2.05) is 45.1 Å². The molecular weight excluding hydrogens is 312 g/mol. The molecule has 1 fully saturated rings. The van der Waals surface area contributed by atoms with Gasteiger partial charge in [0.15, 0.2) is 0 Å². The third-order valence-corrected chi connectivity index (χ3v) is 6.10. The summed E-state index contributed by atoms with van der Waals surface area (Å²) < 4.78 is 6.28. The quantitative estimate of drug-likeness (QED) is 0.838. The number of aromatic nitrogens is 1. The first kappa shape index (κ1) is 19.9. The van der Waals surface area contributed by atoms with Crippen molar-refractivity contribution >= 4 is 5.82 Å². The predicted octanol–water partition coefficient (Wildman–Crippen LogP) is 4.07. The Morgan fingerprint density at radius 1 is 1.28 bits per heavy atom. The predicted molar refractivity (Wildman–Crippen MR) is 104 cm³/mol. The van der Waals surface area contributed by atoms with Crippen molar-refractivity contribution in [3.8, 4) is 0 Å². The number of rotatable bonds is 3. The van der Waals surface area contributed by atoms with Crippen LogP contribution in [0.4, 0.5) is 5.82 Å². The van der Waals surface area contributed by atoms with Crippen LogP contribution in [0.2, 0.25) is 0 Å². The number of aliphatic hydroxyl groups excluding tert-OH is 1. The van der Waals surface area contributed by atoms with Gasteiger partial charge in [-0.2, -0.15) is 0 Å². The molecule has 1 aliphatic heterocycles. The van der Waals surface area contributed by atoms with Crippen LogP contribution >= 0.6 is 0 Å². The fraction of sp³-hybridized carbons (Fsp3) is 0.667. The van der Waals surface area contributed by atoms with Crippen LogP contribution in [0.3, 0.4) is 0 Å². The lowest BCUT2D eigenvalue weighted by molar-refractivity contribution is -0.165. The number of allylic oxidation sites excluding steroid dienone is 1. The first-order chi connectivity index (χ1) is 11.9. The largest absolute Gasteiger partial charge is 0.396 e. The first-order valence-corrected chi connectivity index (χ1v) is 9.44. The highest BCUT2D eigenvalue weighted by atomic mass is 16.5. The van der Waals surface area contributed by atoms with Gasteiger partial charge >= 0.3 is 0 Å². The zero-order valence-electron chi connectivity index (χ0n) is 16.8. The average molecular weight is 347 g/mol. The van der Waals surface area contributed by atoms with E-state index in [0.717, 1.165) is 11.4 Å². The fourth-order valence-electron chi connectivity index (χ4n) is 4.42. The summed E-state index contributed by atoms with van der Waals surface area (Å²) >= 11 is 0. The van der Waals surface area contributed by atoms with E-state index in [1.54, 1.807) is 0 Å². The number of hydrogen-bond acceptors (Lipinski definition) is 4. The van der Waals surface area contributed by atoms with Crippen molar-refractivity contribution < 1.29 is 9.84 Å². The molecule has 2 heterocycles. The van der Waals surface area contributed by atoms with E-state index in [1.165, 1.54) is 5.57 Å². The third-order valence-electron chi connectivity index (χ3n) is 6.10. The molecule has 1 saturated heterocycles. The molecule has 0 aromatic carbocycles. The summed E-state index contributed by atoms with van der Waals surface area (Å²) in [6, 6.07) is 4.17. The maximum Gasteiger partial charge on any atom is 0.127 e. The number of hydrogen-bond donors (Lipinski definition) is 1. The van der Waals surface area contributed by atoms with Crippen molar-refractivity contribution in [3.63, 3.8) is 0 Å². The van der Waals surface area contributed by atoms with Crippen molar-refractivity contribution in [1.29, 1.82) is 0 Å². The van der Waals surface area contributed by atoms with Gasteiger partial charge in [-0.25, -0.2) is 4.98 Å². The minimum Gasteiger partial charge on any atom is -0.396 e.